The molecule has 0 fully saturated rings. The molecule has 0 unspecified atom stereocenters. The molecule has 0 saturated carbocycles. The number of nitrogens with two attached hydrogens (primary N) is 2. The van der Waals surface area contributed by atoms with Gasteiger partial charge in [0, 0.05) is 0 Å². The number of hydrogen-bond donors (Lipinski definition) is 3. The first-order valence-electron chi connectivity index (χ1n) is 2.82. The first-order valence-corrected chi connectivity index (χ1v) is 2.82. The molecule has 6 nitrogen and oxygen atoms in total. The van der Waals surface area contributed by atoms with E-state index in [9.17, 15) is 4.79 Å². The molecule has 0 aliphatic carbocycles. The highest BCUT2D eigenvalue weighted by molar-refractivity contribution is 5.91. The average molecular weight is 153 g/mol. The van der Waals surface area contributed by atoms with E-state index in [0.717, 1.165) is 0 Å². The summed E-state index contributed by atoms with van der Waals surface area (Å²) in [6, 6.07) is 0. The molecule has 0 saturated heterocycles. The summed E-state index contributed by atoms with van der Waals surface area (Å²) in [5.74, 6) is 4.62. The minimum absolute atomic E-state index is 0.140. The van der Waals surface area contributed by atoms with Crippen molar-refractivity contribution in [3.05, 3.63) is 18.1 Å². The summed E-state index contributed by atoms with van der Waals surface area (Å²) in [5, 5.41) is 0. The number of hydrogen-bond acceptors (Lipinski definition) is 5. The average Bonchev–Trinajstić information content (AvgIpc) is 2.05. The first-order chi connectivity index (χ1) is 5.24. The van der Waals surface area contributed by atoms with Crippen LogP contribution in [0.2, 0.25) is 0 Å². The summed E-state index contributed by atoms with van der Waals surface area (Å²) < 4.78 is 0. The fourth-order valence-electron chi connectivity index (χ4n) is 0.529. The van der Waals surface area contributed by atoms with Gasteiger partial charge >= 0.3 is 0 Å². The lowest BCUT2D eigenvalue weighted by Gasteiger charge is -1.96. The van der Waals surface area contributed by atoms with E-state index in [4.69, 9.17) is 11.6 Å². The predicted octanol–water partition coefficient (Wildman–Crippen LogP) is -1.34. The molecule has 0 spiro atoms. The van der Waals surface area contributed by atoms with Gasteiger partial charge in [-0.05, 0) is 0 Å². The number of amides is 1. The molecule has 58 valence electrons. The van der Waals surface area contributed by atoms with Crippen LogP contribution in [0, 0.1) is 0 Å². The van der Waals surface area contributed by atoms with Crippen LogP contribution in [-0.2, 0) is 0 Å². The third kappa shape index (κ3) is 1.62. The second kappa shape index (κ2) is 2.93. The molecule has 1 aromatic rings. The van der Waals surface area contributed by atoms with Gasteiger partial charge in [-0.25, -0.2) is 15.8 Å². The third-order valence-electron chi connectivity index (χ3n) is 1.04. The second-order valence-electron chi connectivity index (χ2n) is 1.80. The van der Waals surface area contributed by atoms with Crippen LogP contribution in [0.5, 0.6) is 0 Å². The van der Waals surface area contributed by atoms with Gasteiger partial charge in [0.15, 0.2) is 0 Å². The van der Waals surface area contributed by atoms with Crippen LogP contribution in [-0.4, -0.2) is 15.9 Å². The lowest BCUT2D eigenvalue weighted by atomic mass is 10.4. The number of anilines is 1. The van der Waals surface area contributed by atoms with E-state index in [1.54, 1.807) is 0 Å². The Kier molecular flexibility index (Phi) is 1.98. The Morgan fingerprint density at radius 3 is 2.64 bits per heavy atom. The van der Waals surface area contributed by atoms with Crippen molar-refractivity contribution in [3.8, 4) is 0 Å². The molecule has 11 heavy (non-hydrogen) atoms. The van der Waals surface area contributed by atoms with Crippen LogP contribution >= 0.6 is 0 Å². The fraction of sp³-hybridized carbons (Fsp3) is 0. The maximum absolute atomic E-state index is 10.7. The van der Waals surface area contributed by atoms with Crippen LogP contribution in [0.15, 0.2) is 12.4 Å². The summed E-state index contributed by atoms with van der Waals surface area (Å²) in [4.78, 5) is 18.1. The SMILES string of the molecule is NNC(=O)c1cnc(N)cn1. The first kappa shape index (κ1) is 7.42. The van der Waals surface area contributed by atoms with E-state index < -0.39 is 5.91 Å². The highest BCUT2D eigenvalue weighted by Crippen LogP contribution is 1.94. The maximum Gasteiger partial charge on any atom is 0.285 e. The maximum atomic E-state index is 10.7. The molecule has 1 aromatic heterocycles. The normalized spacial score (nSPS) is 9.18. The molecular weight excluding hydrogens is 146 g/mol. The number of nitrogens with zero attached hydrogens (tertiary/aromatic N) is 2. The number of carbonyl (C=O) groups excluding carboxylic acids is 1. The zero-order valence-corrected chi connectivity index (χ0v) is 5.61. The molecule has 0 aliphatic rings. The molecule has 5 N–H and O–H groups in total. The standard InChI is InChI=1S/C5H7N5O/c6-4-2-8-3(1-9-4)5(11)10-7/h1-2H,7H2,(H2,6,9)(H,10,11). The number of aromatic nitrogens is 2. The fourth-order valence-corrected chi connectivity index (χ4v) is 0.529. The van der Waals surface area contributed by atoms with Gasteiger partial charge in [0.25, 0.3) is 5.91 Å². The van der Waals surface area contributed by atoms with Crippen LogP contribution in [0.3, 0.4) is 0 Å². The Morgan fingerprint density at radius 2 is 2.18 bits per heavy atom. The van der Waals surface area contributed by atoms with E-state index in [2.05, 4.69) is 9.97 Å². The smallest absolute Gasteiger partial charge is 0.285 e. The van der Waals surface area contributed by atoms with Crippen molar-refractivity contribution >= 4 is 11.7 Å². The van der Waals surface area contributed by atoms with Gasteiger partial charge in [-0.2, -0.15) is 0 Å². The van der Waals surface area contributed by atoms with E-state index in [1.807, 2.05) is 5.43 Å². The molecule has 1 heterocycles. The molecule has 6 heteroatoms. The van der Waals surface area contributed by atoms with Crippen molar-refractivity contribution in [3.63, 3.8) is 0 Å². The Bertz CT molecular complexity index is 256. The Labute approximate surface area is 62.6 Å². The summed E-state index contributed by atoms with van der Waals surface area (Å²) in [7, 11) is 0. The second-order valence-corrected chi connectivity index (χ2v) is 1.80. The quantitative estimate of drug-likeness (QED) is 0.263. The largest absolute Gasteiger partial charge is 0.382 e. The van der Waals surface area contributed by atoms with Gasteiger partial charge in [0.1, 0.15) is 11.5 Å². The lowest BCUT2D eigenvalue weighted by molar-refractivity contribution is 0.0948. The van der Waals surface area contributed by atoms with Crippen molar-refractivity contribution in [2.24, 2.45) is 5.84 Å². The molecule has 0 aliphatic heterocycles. The zero-order valence-electron chi connectivity index (χ0n) is 5.61. The highest BCUT2D eigenvalue weighted by atomic mass is 16.2. The van der Waals surface area contributed by atoms with E-state index >= 15 is 0 Å². The van der Waals surface area contributed by atoms with Crippen LogP contribution in [0.1, 0.15) is 10.5 Å². The van der Waals surface area contributed by atoms with Gasteiger partial charge in [0.2, 0.25) is 0 Å². The summed E-state index contributed by atoms with van der Waals surface area (Å²) in [5.41, 5.74) is 7.29. The molecule has 0 atom stereocenters. The molecule has 0 radical (unpaired) electrons. The van der Waals surface area contributed by atoms with Crippen molar-refractivity contribution in [2.75, 3.05) is 5.73 Å². The summed E-state index contributed by atoms with van der Waals surface area (Å²) in [6.45, 7) is 0. The number of nitrogens with one attached hydrogen (secondary N) is 1. The van der Waals surface area contributed by atoms with Gasteiger partial charge in [-0.3, -0.25) is 10.2 Å². The number of carbonyl (C=O) groups is 1. The lowest BCUT2D eigenvalue weighted by Crippen LogP contribution is -2.30. The molecule has 0 aromatic carbocycles. The van der Waals surface area contributed by atoms with E-state index in [-0.39, 0.29) is 11.5 Å². The van der Waals surface area contributed by atoms with Crippen LogP contribution in [0.25, 0.3) is 0 Å². The molecule has 1 rings (SSSR count). The summed E-state index contributed by atoms with van der Waals surface area (Å²) >= 11 is 0. The minimum Gasteiger partial charge on any atom is -0.382 e. The zero-order chi connectivity index (χ0) is 8.27. The Hall–Kier alpha value is -1.69. The minimum atomic E-state index is -0.488. The highest BCUT2D eigenvalue weighted by Gasteiger charge is 2.03. The predicted molar refractivity (Wildman–Crippen MR) is 38.1 cm³/mol. The van der Waals surface area contributed by atoms with Crippen molar-refractivity contribution in [1.82, 2.24) is 15.4 Å². The van der Waals surface area contributed by atoms with Crippen molar-refractivity contribution in [1.29, 1.82) is 0 Å². The third-order valence-corrected chi connectivity index (χ3v) is 1.04. The van der Waals surface area contributed by atoms with Gasteiger partial charge in [-0.15, -0.1) is 0 Å². The molecule has 0 bridgehead atoms. The number of rotatable bonds is 1. The van der Waals surface area contributed by atoms with Gasteiger partial charge < -0.3 is 5.73 Å². The molecule has 1 amide bonds. The Morgan fingerprint density at radius 1 is 1.45 bits per heavy atom. The van der Waals surface area contributed by atoms with E-state index in [1.165, 1.54) is 12.4 Å². The number of hydrazine groups is 1. The molecular formula is C5H7N5O. The van der Waals surface area contributed by atoms with Crippen LogP contribution in [0.4, 0.5) is 5.82 Å². The van der Waals surface area contributed by atoms with Crippen molar-refractivity contribution in [2.45, 2.75) is 0 Å². The van der Waals surface area contributed by atoms with Crippen molar-refractivity contribution < 1.29 is 4.79 Å². The monoisotopic (exact) mass is 153 g/mol. The van der Waals surface area contributed by atoms with Gasteiger partial charge in [0.05, 0.1) is 12.4 Å². The Balaban J connectivity index is 2.90. The summed E-state index contributed by atoms with van der Waals surface area (Å²) in [6.07, 6.45) is 2.53. The van der Waals surface area contributed by atoms with Crippen LogP contribution < -0.4 is 17.0 Å². The van der Waals surface area contributed by atoms with Gasteiger partial charge in [-0.1, -0.05) is 0 Å². The topological polar surface area (TPSA) is 107 Å². The van der Waals surface area contributed by atoms with E-state index in [0.29, 0.717) is 0 Å². The number of nitrogen functional groups attached to an aromatic ring is 2.